The monoisotopic (exact) mass is 189 g/mol. The van der Waals surface area contributed by atoms with E-state index >= 15 is 0 Å². The third kappa shape index (κ3) is 1.79. The van der Waals surface area contributed by atoms with Crippen LogP contribution in [0.2, 0.25) is 0 Å². The number of benzene rings is 1. The highest BCUT2D eigenvalue weighted by Crippen LogP contribution is 2.23. The van der Waals surface area contributed by atoms with Crippen molar-refractivity contribution in [3.8, 4) is 0 Å². The Hall–Kier alpha value is -1.31. The Balaban J connectivity index is 2.26. The lowest BCUT2D eigenvalue weighted by Crippen LogP contribution is -2.24. The molecule has 0 heterocycles. The van der Waals surface area contributed by atoms with Crippen LogP contribution in [0.15, 0.2) is 24.3 Å². The molecule has 1 aliphatic carbocycles. The Bertz CT molecular complexity index is 346. The zero-order valence-electron chi connectivity index (χ0n) is 8.20. The predicted octanol–water partition coefficient (Wildman–Crippen LogP) is 1.67. The summed E-state index contributed by atoms with van der Waals surface area (Å²) >= 11 is 0. The van der Waals surface area contributed by atoms with Crippen molar-refractivity contribution in [1.29, 1.82) is 0 Å². The number of primary amides is 1. The molecule has 0 saturated heterocycles. The number of fused-ring (bicyclic) bond motifs is 1. The number of hydrogen-bond donors (Lipinski definition) is 1. The van der Waals surface area contributed by atoms with Crippen LogP contribution in [0.25, 0.3) is 0 Å². The highest BCUT2D eigenvalue weighted by Gasteiger charge is 2.20. The lowest BCUT2D eigenvalue weighted by Gasteiger charge is -2.09. The molecule has 2 heteroatoms. The Morgan fingerprint density at radius 1 is 1.29 bits per heavy atom. The molecule has 74 valence electrons. The SMILES string of the molecule is NC(=O)C1CCCc2ccccc2C1. The van der Waals surface area contributed by atoms with Crippen molar-refractivity contribution in [2.24, 2.45) is 11.7 Å². The van der Waals surface area contributed by atoms with E-state index in [1.807, 2.05) is 6.07 Å². The molecular weight excluding hydrogens is 174 g/mol. The van der Waals surface area contributed by atoms with E-state index < -0.39 is 0 Å². The van der Waals surface area contributed by atoms with Gasteiger partial charge < -0.3 is 5.73 Å². The Morgan fingerprint density at radius 2 is 2.00 bits per heavy atom. The molecule has 1 aromatic carbocycles. The van der Waals surface area contributed by atoms with Crippen LogP contribution in [0, 0.1) is 5.92 Å². The van der Waals surface area contributed by atoms with Crippen LogP contribution in [0.3, 0.4) is 0 Å². The maximum Gasteiger partial charge on any atom is 0.220 e. The molecule has 14 heavy (non-hydrogen) atoms. The molecule has 2 rings (SSSR count). The summed E-state index contributed by atoms with van der Waals surface area (Å²) in [6, 6.07) is 8.35. The van der Waals surface area contributed by atoms with Gasteiger partial charge in [0.05, 0.1) is 0 Å². The zero-order chi connectivity index (χ0) is 9.97. The summed E-state index contributed by atoms with van der Waals surface area (Å²) in [6.45, 7) is 0. The van der Waals surface area contributed by atoms with E-state index in [0.717, 1.165) is 25.7 Å². The highest BCUT2D eigenvalue weighted by molar-refractivity contribution is 5.77. The summed E-state index contributed by atoms with van der Waals surface area (Å²) in [6.07, 6.45) is 3.92. The summed E-state index contributed by atoms with van der Waals surface area (Å²) in [4.78, 5) is 11.1. The average molecular weight is 189 g/mol. The molecule has 1 amide bonds. The topological polar surface area (TPSA) is 43.1 Å². The second-order valence-electron chi connectivity index (χ2n) is 3.96. The van der Waals surface area contributed by atoms with Gasteiger partial charge in [-0.3, -0.25) is 4.79 Å². The van der Waals surface area contributed by atoms with Crippen molar-refractivity contribution in [2.75, 3.05) is 0 Å². The molecule has 0 saturated carbocycles. The minimum atomic E-state index is -0.151. The standard InChI is InChI=1S/C12H15NO/c13-12(14)11-7-3-6-9-4-1-2-5-10(9)8-11/h1-2,4-5,11H,3,6-8H2,(H2,13,14). The number of hydrogen-bond acceptors (Lipinski definition) is 1. The summed E-state index contributed by atoms with van der Waals surface area (Å²) < 4.78 is 0. The lowest BCUT2D eigenvalue weighted by atomic mass is 9.96. The van der Waals surface area contributed by atoms with Crippen molar-refractivity contribution in [3.05, 3.63) is 35.4 Å². The second kappa shape index (κ2) is 3.82. The number of carbonyl (C=O) groups excluding carboxylic acids is 1. The summed E-state index contributed by atoms with van der Waals surface area (Å²) in [5, 5.41) is 0. The number of aryl methyl sites for hydroxylation is 1. The number of rotatable bonds is 1. The molecule has 2 nitrogen and oxygen atoms in total. The molecule has 1 unspecified atom stereocenters. The molecular formula is C12H15NO. The van der Waals surface area contributed by atoms with E-state index in [9.17, 15) is 4.79 Å². The van der Waals surface area contributed by atoms with Gasteiger partial charge >= 0.3 is 0 Å². The molecule has 1 aromatic rings. The van der Waals surface area contributed by atoms with E-state index in [-0.39, 0.29) is 11.8 Å². The Morgan fingerprint density at radius 3 is 2.71 bits per heavy atom. The number of amides is 1. The molecule has 0 bridgehead atoms. The summed E-state index contributed by atoms with van der Waals surface area (Å²) in [7, 11) is 0. The predicted molar refractivity (Wildman–Crippen MR) is 55.8 cm³/mol. The van der Waals surface area contributed by atoms with Crippen molar-refractivity contribution in [1.82, 2.24) is 0 Å². The van der Waals surface area contributed by atoms with E-state index in [2.05, 4.69) is 18.2 Å². The highest BCUT2D eigenvalue weighted by atomic mass is 16.1. The van der Waals surface area contributed by atoms with Crippen molar-refractivity contribution in [2.45, 2.75) is 25.7 Å². The fourth-order valence-corrected chi connectivity index (χ4v) is 2.15. The number of carbonyl (C=O) groups is 1. The lowest BCUT2D eigenvalue weighted by molar-refractivity contribution is -0.121. The second-order valence-corrected chi connectivity index (χ2v) is 3.96. The fourth-order valence-electron chi connectivity index (χ4n) is 2.15. The first kappa shape index (κ1) is 9.25. The van der Waals surface area contributed by atoms with Gasteiger partial charge in [0.15, 0.2) is 0 Å². The van der Waals surface area contributed by atoms with Gasteiger partial charge in [-0.05, 0) is 36.8 Å². The minimum absolute atomic E-state index is 0.0404. The van der Waals surface area contributed by atoms with Gasteiger partial charge in [0.25, 0.3) is 0 Å². The van der Waals surface area contributed by atoms with E-state index in [4.69, 9.17) is 5.73 Å². The minimum Gasteiger partial charge on any atom is -0.369 e. The molecule has 1 atom stereocenters. The van der Waals surface area contributed by atoms with Crippen molar-refractivity contribution < 1.29 is 4.79 Å². The Kier molecular flexibility index (Phi) is 2.53. The van der Waals surface area contributed by atoms with Gasteiger partial charge in [-0.15, -0.1) is 0 Å². The van der Waals surface area contributed by atoms with Crippen LogP contribution in [-0.4, -0.2) is 5.91 Å². The quantitative estimate of drug-likeness (QED) is 0.671. The Labute approximate surface area is 84.1 Å². The van der Waals surface area contributed by atoms with Crippen LogP contribution in [0.4, 0.5) is 0 Å². The molecule has 0 aliphatic heterocycles. The maximum absolute atomic E-state index is 11.1. The van der Waals surface area contributed by atoms with Gasteiger partial charge in [-0.1, -0.05) is 24.3 Å². The molecule has 0 spiro atoms. The molecule has 0 aromatic heterocycles. The first-order chi connectivity index (χ1) is 6.77. The van der Waals surface area contributed by atoms with Crippen LogP contribution >= 0.6 is 0 Å². The third-order valence-corrected chi connectivity index (χ3v) is 2.99. The van der Waals surface area contributed by atoms with Crippen molar-refractivity contribution in [3.63, 3.8) is 0 Å². The summed E-state index contributed by atoms with van der Waals surface area (Å²) in [5.41, 5.74) is 8.04. The van der Waals surface area contributed by atoms with Crippen LogP contribution in [0.1, 0.15) is 24.0 Å². The summed E-state index contributed by atoms with van der Waals surface area (Å²) in [5.74, 6) is -0.111. The van der Waals surface area contributed by atoms with E-state index in [1.165, 1.54) is 11.1 Å². The molecule has 0 radical (unpaired) electrons. The third-order valence-electron chi connectivity index (χ3n) is 2.99. The van der Waals surface area contributed by atoms with Gasteiger partial charge in [0, 0.05) is 5.92 Å². The van der Waals surface area contributed by atoms with Gasteiger partial charge in [-0.2, -0.15) is 0 Å². The van der Waals surface area contributed by atoms with E-state index in [1.54, 1.807) is 0 Å². The largest absolute Gasteiger partial charge is 0.369 e. The van der Waals surface area contributed by atoms with Gasteiger partial charge in [-0.25, -0.2) is 0 Å². The van der Waals surface area contributed by atoms with Gasteiger partial charge in [0.2, 0.25) is 5.91 Å². The first-order valence-electron chi connectivity index (χ1n) is 5.13. The molecule has 0 fully saturated rings. The van der Waals surface area contributed by atoms with E-state index in [0.29, 0.717) is 0 Å². The zero-order valence-corrected chi connectivity index (χ0v) is 8.20. The number of nitrogens with two attached hydrogens (primary N) is 1. The smallest absolute Gasteiger partial charge is 0.220 e. The van der Waals surface area contributed by atoms with Crippen LogP contribution < -0.4 is 5.73 Å². The fraction of sp³-hybridized carbons (Fsp3) is 0.417. The van der Waals surface area contributed by atoms with Crippen LogP contribution in [0.5, 0.6) is 0 Å². The van der Waals surface area contributed by atoms with Crippen molar-refractivity contribution >= 4 is 5.91 Å². The normalized spacial score (nSPS) is 21.0. The van der Waals surface area contributed by atoms with Gasteiger partial charge in [0.1, 0.15) is 0 Å². The average Bonchev–Trinajstić information content (AvgIpc) is 2.39. The molecule has 1 aliphatic rings. The first-order valence-corrected chi connectivity index (χ1v) is 5.13. The van der Waals surface area contributed by atoms with Crippen LogP contribution in [-0.2, 0) is 17.6 Å². The molecule has 2 N–H and O–H groups in total. The maximum atomic E-state index is 11.1.